The lowest BCUT2D eigenvalue weighted by atomic mass is 9.94. The first-order valence-corrected chi connectivity index (χ1v) is 6.84. The van der Waals surface area contributed by atoms with Gasteiger partial charge >= 0.3 is 6.09 Å². The highest BCUT2D eigenvalue weighted by Gasteiger charge is 2.48. The first-order chi connectivity index (χ1) is 9.28. The van der Waals surface area contributed by atoms with Gasteiger partial charge in [-0.2, -0.15) is 0 Å². The number of ether oxygens (including phenoxy) is 1. The fourth-order valence-electron chi connectivity index (χ4n) is 2.80. The molecule has 1 aliphatic heterocycles. The molecule has 19 heavy (non-hydrogen) atoms. The molecule has 2 fully saturated rings. The molecule has 102 valence electrons. The Bertz CT molecular complexity index is 442. The molecule has 1 aliphatic carbocycles. The second-order valence-corrected chi connectivity index (χ2v) is 5.55. The molecule has 1 amide bonds. The van der Waals surface area contributed by atoms with Crippen LogP contribution in [0.1, 0.15) is 12.0 Å². The topological polar surface area (TPSA) is 49.8 Å². The third-order valence-corrected chi connectivity index (χ3v) is 4.19. The summed E-state index contributed by atoms with van der Waals surface area (Å²) in [6.07, 6.45) is 0.898. The Hall–Kier alpha value is -1.55. The molecular formula is C15H19NO3. The third-order valence-electron chi connectivity index (χ3n) is 4.19. The Balaban J connectivity index is 1.39. The minimum Gasteiger partial charge on any atom is -0.445 e. The number of likely N-dealkylation sites (tertiary alicyclic amines) is 1. The number of aliphatic hydroxyl groups is 1. The molecule has 0 radical (unpaired) electrons. The van der Waals surface area contributed by atoms with Crippen LogP contribution in [-0.2, 0) is 11.3 Å². The number of rotatable bonds is 4. The summed E-state index contributed by atoms with van der Waals surface area (Å²) in [6.45, 7) is 2.20. The van der Waals surface area contributed by atoms with Gasteiger partial charge in [0.05, 0.1) is 0 Å². The van der Waals surface area contributed by atoms with Crippen LogP contribution in [0.4, 0.5) is 4.79 Å². The van der Waals surface area contributed by atoms with Crippen molar-refractivity contribution in [2.75, 3.05) is 19.7 Å². The second-order valence-electron chi connectivity index (χ2n) is 5.55. The van der Waals surface area contributed by atoms with Gasteiger partial charge in [-0.15, -0.1) is 0 Å². The molecule has 2 atom stereocenters. The van der Waals surface area contributed by atoms with Crippen molar-refractivity contribution in [1.82, 2.24) is 4.90 Å². The zero-order valence-corrected chi connectivity index (χ0v) is 10.9. The number of hydrogen-bond donors (Lipinski definition) is 1. The van der Waals surface area contributed by atoms with Crippen molar-refractivity contribution >= 4 is 6.09 Å². The van der Waals surface area contributed by atoms with E-state index in [1.807, 2.05) is 30.3 Å². The van der Waals surface area contributed by atoms with E-state index in [0.717, 1.165) is 25.1 Å². The van der Waals surface area contributed by atoms with Gasteiger partial charge in [-0.1, -0.05) is 30.3 Å². The average Bonchev–Trinajstić information content (AvgIpc) is 3.15. The van der Waals surface area contributed by atoms with Gasteiger partial charge in [-0.3, -0.25) is 0 Å². The van der Waals surface area contributed by atoms with Crippen molar-refractivity contribution in [3.05, 3.63) is 35.9 Å². The Kier molecular flexibility index (Phi) is 3.42. The molecule has 0 bridgehead atoms. The smallest absolute Gasteiger partial charge is 0.410 e. The van der Waals surface area contributed by atoms with Crippen molar-refractivity contribution in [1.29, 1.82) is 0 Å². The molecule has 3 rings (SSSR count). The monoisotopic (exact) mass is 261 g/mol. The summed E-state index contributed by atoms with van der Waals surface area (Å²) in [5.41, 5.74) is 1.01. The molecule has 1 aromatic rings. The predicted molar refractivity (Wildman–Crippen MR) is 70.4 cm³/mol. The number of carbonyl (C=O) groups excluding carboxylic acids is 1. The van der Waals surface area contributed by atoms with Gasteiger partial charge in [0, 0.05) is 19.7 Å². The van der Waals surface area contributed by atoms with E-state index in [2.05, 4.69) is 0 Å². The highest BCUT2D eigenvalue weighted by Crippen LogP contribution is 2.47. The van der Waals surface area contributed by atoms with E-state index >= 15 is 0 Å². The molecule has 2 aliphatic rings. The highest BCUT2D eigenvalue weighted by atomic mass is 16.6. The maximum Gasteiger partial charge on any atom is 0.410 e. The molecule has 4 nitrogen and oxygen atoms in total. The Morgan fingerprint density at radius 2 is 2.05 bits per heavy atom. The summed E-state index contributed by atoms with van der Waals surface area (Å²) >= 11 is 0. The fraction of sp³-hybridized carbons (Fsp3) is 0.533. The number of aliphatic hydroxyl groups excluding tert-OH is 1. The predicted octanol–water partition coefficient (Wildman–Crippen LogP) is 1.88. The molecule has 1 heterocycles. The SMILES string of the molecule is O=C(OCc1ccccc1)N1CC(C2CC2CO)C1. The summed E-state index contributed by atoms with van der Waals surface area (Å²) in [5.74, 6) is 1.68. The van der Waals surface area contributed by atoms with Crippen LogP contribution in [0.3, 0.4) is 0 Å². The molecule has 0 spiro atoms. The van der Waals surface area contributed by atoms with Crippen LogP contribution in [0.5, 0.6) is 0 Å². The Labute approximate surface area is 113 Å². The largest absolute Gasteiger partial charge is 0.445 e. The normalized spacial score (nSPS) is 25.8. The molecule has 1 N–H and O–H groups in total. The molecule has 4 heteroatoms. The van der Waals surface area contributed by atoms with Gasteiger partial charge in [-0.25, -0.2) is 4.79 Å². The minimum absolute atomic E-state index is 0.221. The van der Waals surface area contributed by atoms with Crippen LogP contribution in [0.2, 0.25) is 0 Å². The summed E-state index contributed by atoms with van der Waals surface area (Å²) < 4.78 is 5.27. The van der Waals surface area contributed by atoms with Crippen LogP contribution >= 0.6 is 0 Å². The van der Waals surface area contributed by atoms with Gasteiger partial charge < -0.3 is 14.7 Å². The zero-order chi connectivity index (χ0) is 13.2. The molecule has 2 unspecified atom stereocenters. The zero-order valence-electron chi connectivity index (χ0n) is 10.9. The molecule has 0 aromatic heterocycles. The van der Waals surface area contributed by atoms with E-state index in [-0.39, 0.29) is 6.09 Å². The first kappa shape index (κ1) is 12.5. The second kappa shape index (κ2) is 5.21. The van der Waals surface area contributed by atoms with Crippen LogP contribution in [0.15, 0.2) is 30.3 Å². The third kappa shape index (κ3) is 2.73. The van der Waals surface area contributed by atoms with E-state index in [1.54, 1.807) is 4.90 Å². The number of amides is 1. The number of hydrogen-bond acceptors (Lipinski definition) is 3. The van der Waals surface area contributed by atoms with Crippen LogP contribution in [0.25, 0.3) is 0 Å². The van der Waals surface area contributed by atoms with Gasteiger partial charge in [0.1, 0.15) is 6.61 Å². The molecule has 1 saturated carbocycles. The van der Waals surface area contributed by atoms with E-state index in [4.69, 9.17) is 9.84 Å². The van der Waals surface area contributed by atoms with E-state index < -0.39 is 0 Å². The standard InChI is InChI=1S/C15H19NO3/c17-9-12-6-14(12)13-7-16(8-13)15(18)19-10-11-4-2-1-3-5-11/h1-5,12-14,17H,6-10H2. The molecule has 1 saturated heterocycles. The van der Waals surface area contributed by atoms with Crippen molar-refractivity contribution in [2.45, 2.75) is 13.0 Å². The van der Waals surface area contributed by atoms with Crippen LogP contribution in [0, 0.1) is 17.8 Å². The number of benzene rings is 1. The van der Waals surface area contributed by atoms with Crippen molar-refractivity contribution < 1.29 is 14.6 Å². The van der Waals surface area contributed by atoms with Gasteiger partial charge in [0.15, 0.2) is 0 Å². The van der Waals surface area contributed by atoms with E-state index in [1.165, 1.54) is 0 Å². The molecule has 1 aromatic carbocycles. The summed E-state index contributed by atoms with van der Waals surface area (Å²) in [7, 11) is 0. The van der Waals surface area contributed by atoms with Gasteiger partial charge in [0.2, 0.25) is 0 Å². The lowest BCUT2D eigenvalue weighted by Crippen LogP contribution is -2.51. The average molecular weight is 261 g/mol. The molecular weight excluding hydrogens is 242 g/mol. The maximum absolute atomic E-state index is 11.8. The fourth-order valence-corrected chi connectivity index (χ4v) is 2.80. The minimum atomic E-state index is -0.221. The van der Waals surface area contributed by atoms with Crippen molar-refractivity contribution in [3.8, 4) is 0 Å². The summed E-state index contributed by atoms with van der Waals surface area (Å²) in [6, 6.07) is 9.71. The lowest BCUT2D eigenvalue weighted by molar-refractivity contribution is 0.0405. The highest BCUT2D eigenvalue weighted by molar-refractivity contribution is 5.68. The Morgan fingerprint density at radius 1 is 1.32 bits per heavy atom. The van der Waals surface area contributed by atoms with Gasteiger partial charge in [-0.05, 0) is 29.7 Å². The lowest BCUT2D eigenvalue weighted by Gasteiger charge is -2.38. The van der Waals surface area contributed by atoms with E-state index in [0.29, 0.717) is 31.0 Å². The maximum atomic E-state index is 11.8. The van der Waals surface area contributed by atoms with Gasteiger partial charge in [0.25, 0.3) is 0 Å². The first-order valence-electron chi connectivity index (χ1n) is 6.84. The van der Waals surface area contributed by atoms with Crippen LogP contribution in [-0.4, -0.2) is 35.8 Å². The van der Waals surface area contributed by atoms with Crippen molar-refractivity contribution in [2.24, 2.45) is 17.8 Å². The Morgan fingerprint density at radius 3 is 2.68 bits per heavy atom. The van der Waals surface area contributed by atoms with Crippen molar-refractivity contribution in [3.63, 3.8) is 0 Å². The summed E-state index contributed by atoms with van der Waals surface area (Å²) in [5, 5.41) is 9.03. The summed E-state index contributed by atoms with van der Waals surface area (Å²) in [4.78, 5) is 13.5. The number of nitrogens with zero attached hydrogens (tertiary/aromatic N) is 1. The quantitative estimate of drug-likeness (QED) is 0.900. The van der Waals surface area contributed by atoms with E-state index in [9.17, 15) is 4.79 Å². The number of carbonyl (C=O) groups is 1. The van der Waals surface area contributed by atoms with Crippen LogP contribution < -0.4 is 0 Å².